The van der Waals surface area contributed by atoms with E-state index >= 15 is 0 Å². The molecule has 0 aliphatic carbocycles. The van der Waals surface area contributed by atoms with Crippen LogP contribution in [0.2, 0.25) is 0 Å². The molecule has 0 N–H and O–H groups in total. The molecular weight excluding hydrogens is 412 g/mol. The Kier molecular flexibility index (Phi) is 4.65. The van der Waals surface area contributed by atoms with E-state index in [9.17, 15) is 4.79 Å². The molecular formula is C26H20N6O. The van der Waals surface area contributed by atoms with Gasteiger partial charge in [-0.3, -0.25) is 19.2 Å². The van der Waals surface area contributed by atoms with Crippen molar-refractivity contribution in [2.24, 2.45) is 0 Å². The van der Waals surface area contributed by atoms with E-state index in [-0.39, 0.29) is 5.91 Å². The number of carbonyl (C=O) groups excluding carboxylic acids is 1. The van der Waals surface area contributed by atoms with Crippen LogP contribution in [-0.4, -0.2) is 36.8 Å². The maximum atomic E-state index is 12.0. The third-order valence-electron chi connectivity index (χ3n) is 5.98. The van der Waals surface area contributed by atoms with Gasteiger partial charge in [0.05, 0.1) is 11.9 Å². The number of hydrogen-bond acceptors (Lipinski definition) is 5. The van der Waals surface area contributed by atoms with Crippen LogP contribution in [0.25, 0.3) is 39.3 Å². The molecule has 5 aromatic rings. The van der Waals surface area contributed by atoms with Gasteiger partial charge in [0.2, 0.25) is 11.7 Å². The van der Waals surface area contributed by atoms with Crippen LogP contribution in [0.5, 0.6) is 0 Å². The first-order valence-corrected chi connectivity index (χ1v) is 10.9. The lowest BCUT2D eigenvalue weighted by Gasteiger charge is -2.16. The van der Waals surface area contributed by atoms with E-state index in [1.54, 1.807) is 6.20 Å². The van der Waals surface area contributed by atoms with E-state index in [0.717, 1.165) is 52.2 Å². The molecule has 0 unspecified atom stereocenters. The smallest absolute Gasteiger partial charge is 0.234 e. The number of fused-ring (bicyclic) bond motifs is 1. The molecule has 0 atom stereocenters. The molecule has 1 saturated heterocycles. The highest BCUT2D eigenvalue weighted by atomic mass is 16.2. The van der Waals surface area contributed by atoms with Gasteiger partial charge in [-0.1, -0.05) is 12.1 Å². The van der Waals surface area contributed by atoms with E-state index in [2.05, 4.69) is 26.0 Å². The molecule has 1 aliphatic heterocycles. The standard InChI is InChI=1S/C26H20N6O/c33-25-4-2-10-31(25)23-7-5-18(6-8-23)20-11-21(14-28-13-20)22-15-29-26-30-16-24(32(26)17-22)19-3-1-9-27-12-19/h1,3,5-9,11-17H,2,4,10H2. The highest BCUT2D eigenvalue weighted by Crippen LogP contribution is 2.29. The zero-order valence-corrected chi connectivity index (χ0v) is 17.8. The van der Waals surface area contributed by atoms with E-state index in [0.29, 0.717) is 12.2 Å². The first kappa shape index (κ1) is 19.3. The van der Waals surface area contributed by atoms with Crippen molar-refractivity contribution in [3.05, 3.63) is 85.8 Å². The summed E-state index contributed by atoms with van der Waals surface area (Å²) in [6, 6.07) is 14.1. The van der Waals surface area contributed by atoms with Crippen LogP contribution < -0.4 is 4.90 Å². The third-order valence-corrected chi connectivity index (χ3v) is 5.98. The second kappa shape index (κ2) is 7.94. The van der Waals surface area contributed by atoms with Crippen molar-refractivity contribution >= 4 is 17.4 Å². The van der Waals surface area contributed by atoms with Gasteiger partial charge in [-0.05, 0) is 42.3 Å². The Balaban J connectivity index is 1.34. The van der Waals surface area contributed by atoms with Crippen molar-refractivity contribution < 1.29 is 4.79 Å². The molecule has 0 saturated carbocycles. The van der Waals surface area contributed by atoms with Gasteiger partial charge in [0.15, 0.2) is 0 Å². The quantitative estimate of drug-likeness (QED) is 0.413. The summed E-state index contributed by atoms with van der Waals surface area (Å²) in [5.41, 5.74) is 6.82. The normalized spacial score (nSPS) is 13.7. The van der Waals surface area contributed by atoms with E-state index in [1.807, 2.05) is 82.9 Å². The summed E-state index contributed by atoms with van der Waals surface area (Å²) in [7, 11) is 0. The molecule has 33 heavy (non-hydrogen) atoms. The number of nitrogens with zero attached hydrogens (tertiary/aromatic N) is 6. The van der Waals surface area contributed by atoms with Gasteiger partial charge >= 0.3 is 0 Å². The van der Waals surface area contributed by atoms with E-state index in [4.69, 9.17) is 0 Å². The molecule has 160 valence electrons. The second-order valence-electron chi connectivity index (χ2n) is 8.06. The minimum atomic E-state index is 0.194. The average molecular weight is 432 g/mol. The number of anilines is 1. The fourth-order valence-electron chi connectivity index (χ4n) is 4.26. The number of amides is 1. The third kappa shape index (κ3) is 3.53. The maximum Gasteiger partial charge on any atom is 0.234 e. The fraction of sp³-hybridized carbons (Fsp3) is 0.115. The SMILES string of the molecule is O=C1CCCN1c1ccc(-c2cncc(-c3cnc4ncc(-c5cccnc5)n4c3)c2)cc1. The van der Waals surface area contributed by atoms with Crippen molar-refractivity contribution in [2.75, 3.05) is 11.4 Å². The van der Waals surface area contributed by atoms with E-state index in [1.165, 1.54) is 0 Å². The number of benzene rings is 1. The molecule has 0 spiro atoms. The Bertz CT molecular complexity index is 1460. The zero-order chi connectivity index (χ0) is 22.2. The van der Waals surface area contributed by atoms with Crippen LogP contribution in [0, 0.1) is 0 Å². The summed E-state index contributed by atoms with van der Waals surface area (Å²) in [5, 5.41) is 0. The Morgan fingerprint density at radius 2 is 1.55 bits per heavy atom. The molecule has 4 aromatic heterocycles. The Morgan fingerprint density at radius 3 is 2.30 bits per heavy atom. The van der Waals surface area contributed by atoms with Crippen molar-refractivity contribution in [2.45, 2.75) is 12.8 Å². The molecule has 5 heterocycles. The van der Waals surface area contributed by atoms with Gasteiger partial charge in [-0.2, -0.15) is 0 Å². The monoisotopic (exact) mass is 432 g/mol. The van der Waals surface area contributed by atoms with Crippen LogP contribution in [-0.2, 0) is 4.79 Å². The lowest BCUT2D eigenvalue weighted by Crippen LogP contribution is -2.23. The van der Waals surface area contributed by atoms with Gasteiger partial charge in [-0.15, -0.1) is 0 Å². The highest BCUT2D eigenvalue weighted by Gasteiger charge is 2.21. The number of carbonyl (C=O) groups is 1. The Labute approximate surface area is 190 Å². The summed E-state index contributed by atoms with van der Waals surface area (Å²) < 4.78 is 1.97. The number of pyridine rings is 2. The van der Waals surface area contributed by atoms with Gasteiger partial charge in [0, 0.05) is 78.1 Å². The van der Waals surface area contributed by atoms with Crippen LogP contribution in [0.4, 0.5) is 5.69 Å². The minimum absolute atomic E-state index is 0.194. The summed E-state index contributed by atoms with van der Waals surface area (Å²) >= 11 is 0. The summed E-state index contributed by atoms with van der Waals surface area (Å²) in [4.78, 5) is 31.5. The van der Waals surface area contributed by atoms with Crippen LogP contribution in [0.15, 0.2) is 85.8 Å². The number of imidazole rings is 1. The van der Waals surface area contributed by atoms with Crippen molar-refractivity contribution in [3.63, 3.8) is 0 Å². The molecule has 1 aliphatic rings. The zero-order valence-electron chi connectivity index (χ0n) is 17.8. The molecule has 1 aromatic carbocycles. The first-order chi connectivity index (χ1) is 16.3. The lowest BCUT2D eigenvalue weighted by molar-refractivity contribution is -0.117. The number of hydrogen-bond donors (Lipinski definition) is 0. The van der Waals surface area contributed by atoms with Crippen molar-refractivity contribution in [1.29, 1.82) is 0 Å². The predicted molar refractivity (Wildman–Crippen MR) is 126 cm³/mol. The van der Waals surface area contributed by atoms with Crippen molar-refractivity contribution in [1.82, 2.24) is 24.3 Å². The van der Waals surface area contributed by atoms with E-state index < -0.39 is 0 Å². The second-order valence-corrected chi connectivity index (χ2v) is 8.06. The maximum absolute atomic E-state index is 12.0. The molecule has 1 fully saturated rings. The summed E-state index contributed by atoms with van der Waals surface area (Å²) in [5.74, 6) is 0.827. The molecule has 7 nitrogen and oxygen atoms in total. The molecule has 6 rings (SSSR count). The fourth-order valence-corrected chi connectivity index (χ4v) is 4.26. The minimum Gasteiger partial charge on any atom is -0.312 e. The molecule has 1 amide bonds. The van der Waals surface area contributed by atoms with Gasteiger partial charge in [0.1, 0.15) is 0 Å². The summed E-state index contributed by atoms with van der Waals surface area (Å²) in [6.07, 6.45) is 14.5. The Morgan fingerprint density at radius 1 is 0.758 bits per heavy atom. The largest absolute Gasteiger partial charge is 0.312 e. The topological polar surface area (TPSA) is 76.3 Å². The highest BCUT2D eigenvalue weighted by molar-refractivity contribution is 5.95. The van der Waals surface area contributed by atoms with Gasteiger partial charge in [0.25, 0.3) is 0 Å². The predicted octanol–water partition coefficient (Wildman–Crippen LogP) is 4.65. The lowest BCUT2D eigenvalue weighted by atomic mass is 10.0. The van der Waals surface area contributed by atoms with Gasteiger partial charge in [-0.25, -0.2) is 9.97 Å². The van der Waals surface area contributed by atoms with Crippen LogP contribution in [0.3, 0.4) is 0 Å². The van der Waals surface area contributed by atoms with Gasteiger partial charge < -0.3 is 4.90 Å². The van der Waals surface area contributed by atoms with Crippen molar-refractivity contribution in [3.8, 4) is 33.5 Å². The Hall–Kier alpha value is -4.39. The number of aromatic nitrogens is 5. The molecule has 7 heteroatoms. The number of rotatable bonds is 4. The van der Waals surface area contributed by atoms with Crippen LogP contribution in [0.1, 0.15) is 12.8 Å². The van der Waals surface area contributed by atoms with Crippen LogP contribution >= 0.6 is 0 Å². The first-order valence-electron chi connectivity index (χ1n) is 10.9. The molecule has 0 bridgehead atoms. The average Bonchev–Trinajstić information content (AvgIpc) is 3.50. The summed E-state index contributed by atoms with van der Waals surface area (Å²) in [6.45, 7) is 0.792. The molecule has 0 radical (unpaired) electrons.